The molecule has 0 unspecified atom stereocenters. The fraction of sp³-hybridized carbons (Fsp3) is 0.407. The number of likely N-dealkylation sites (tertiary alicyclic amines) is 1. The number of nitriles is 1. The van der Waals surface area contributed by atoms with E-state index in [9.17, 15) is 15.2 Å². The smallest absolute Gasteiger partial charge is 0.317 e. The molecular weight excluding hydrogens is 458 g/mol. The van der Waals surface area contributed by atoms with Crippen LogP contribution in [0.2, 0.25) is 0 Å². The Bertz CT molecular complexity index is 1310. The molecule has 2 atom stereocenters. The van der Waals surface area contributed by atoms with Crippen molar-refractivity contribution in [2.24, 2.45) is 0 Å². The van der Waals surface area contributed by atoms with Crippen LogP contribution in [0.5, 0.6) is 5.75 Å². The minimum atomic E-state index is -0.456. The Morgan fingerprint density at radius 1 is 1.31 bits per heavy atom. The van der Waals surface area contributed by atoms with E-state index in [4.69, 9.17) is 9.26 Å². The number of urea groups is 1. The van der Waals surface area contributed by atoms with Gasteiger partial charge in [-0.25, -0.2) is 4.79 Å². The number of aliphatic hydroxyl groups excluding tert-OH is 1. The van der Waals surface area contributed by atoms with E-state index in [1.807, 2.05) is 32.0 Å². The van der Waals surface area contributed by atoms with Crippen LogP contribution in [0.15, 0.2) is 40.9 Å². The number of benzene rings is 2. The van der Waals surface area contributed by atoms with Crippen molar-refractivity contribution < 1.29 is 19.2 Å². The second-order valence-corrected chi connectivity index (χ2v) is 9.57. The fourth-order valence-corrected chi connectivity index (χ4v) is 4.95. The van der Waals surface area contributed by atoms with Crippen molar-refractivity contribution in [1.29, 1.82) is 5.26 Å². The summed E-state index contributed by atoms with van der Waals surface area (Å²) in [5.74, 6) is 1.31. The summed E-state index contributed by atoms with van der Waals surface area (Å²) in [5.41, 5.74) is 4.05. The van der Waals surface area contributed by atoms with Gasteiger partial charge in [0.1, 0.15) is 11.8 Å². The molecule has 1 aromatic heterocycles. The lowest BCUT2D eigenvalue weighted by Crippen LogP contribution is -2.47. The number of piperidine rings is 1. The van der Waals surface area contributed by atoms with Crippen molar-refractivity contribution >= 4 is 6.03 Å². The molecule has 9 heteroatoms. The number of nitrogens with one attached hydrogen (secondary N) is 1. The Balaban J connectivity index is 1.36. The Labute approximate surface area is 209 Å². The van der Waals surface area contributed by atoms with Crippen molar-refractivity contribution in [1.82, 2.24) is 20.4 Å². The molecule has 3 aromatic rings. The largest absolute Gasteiger partial charge is 0.490 e. The van der Waals surface area contributed by atoms with Gasteiger partial charge in [-0.2, -0.15) is 10.2 Å². The molecule has 2 N–H and O–H groups in total. The first kappa shape index (κ1) is 23.8. The summed E-state index contributed by atoms with van der Waals surface area (Å²) in [6, 6.07) is 13.1. The molecule has 1 aliphatic carbocycles. The maximum absolute atomic E-state index is 12.8. The first-order valence-corrected chi connectivity index (χ1v) is 12.3. The van der Waals surface area contributed by atoms with Crippen molar-refractivity contribution in [2.75, 3.05) is 13.1 Å². The lowest BCUT2D eigenvalue weighted by Gasteiger charge is -2.31. The zero-order valence-electron chi connectivity index (χ0n) is 20.4. The number of β-amino-alcohol motifs (C(OH)–C–C–N with tert-alkyl or cyclic N) is 1. The molecule has 2 aromatic carbocycles. The molecule has 1 fully saturated rings. The average molecular weight is 488 g/mol. The topological polar surface area (TPSA) is 125 Å². The number of fused-ring (bicyclic) bond motifs is 1. The van der Waals surface area contributed by atoms with Crippen molar-refractivity contribution in [2.45, 2.75) is 57.8 Å². The van der Waals surface area contributed by atoms with Gasteiger partial charge in [-0.1, -0.05) is 23.4 Å². The summed E-state index contributed by atoms with van der Waals surface area (Å²) in [4.78, 5) is 19.1. The zero-order valence-corrected chi connectivity index (χ0v) is 20.4. The molecule has 0 spiro atoms. The number of hydrogen-bond acceptors (Lipinski definition) is 7. The molecule has 0 saturated carbocycles. The van der Waals surface area contributed by atoms with Crippen LogP contribution in [0.1, 0.15) is 55.8 Å². The number of carbonyl (C=O) groups is 1. The van der Waals surface area contributed by atoms with E-state index in [0.29, 0.717) is 41.7 Å². The molecule has 1 saturated heterocycles. The van der Waals surface area contributed by atoms with E-state index in [0.717, 1.165) is 42.4 Å². The first-order chi connectivity index (χ1) is 17.4. The minimum absolute atomic E-state index is 0.0433. The summed E-state index contributed by atoms with van der Waals surface area (Å²) >= 11 is 0. The van der Waals surface area contributed by atoms with Crippen molar-refractivity contribution in [3.8, 4) is 34.7 Å². The molecule has 2 amide bonds. The Hall–Kier alpha value is -3.90. The molecule has 0 radical (unpaired) electrons. The number of aliphatic hydroxyl groups is 1. The molecule has 2 aliphatic rings. The Morgan fingerprint density at radius 2 is 2.17 bits per heavy atom. The van der Waals surface area contributed by atoms with Crippen LogP contribution in [0.3, 0.4) is 0 Å². The number of nitrogens with zero attached hydrogens (tertiary/aromatic N) is 4. The summed E-state index contributed by atoms with van der Waals surface area (Å²) in [6.45, 7) is 4.85. The maximum Gasteiger partial charge on any atom is 0.317 e. The number of rotatable bonds is 5. The molecule has 2 heterocycles. The SMILES string of the molecule is CC(C)Oc1ccc(-c2nc(-c3cccc4c3CC[C@@H]4NC(=O)N3CCC[C@H](O)C3)no2)cc1C#N. The minimum Gasteiger partial charge on any atom is -0.490 e. The van der Waals surface area contributed by atoms with Crippen LogP contribution in [0, 0.1) is 11.3 Å². The van der Waals surface area contributed by atoms with Crippen LogP contribution in [-0.2, 0) is 6.42 Å². The number of carbonyl (C=O) groups excluding carboxylic acids is 1. The van der Waals surface area contributed by atoms with Gasteiger partial charge in [0.25, 0.3) is 5.89 Å². The maximum atomic E-state index is 12.8. The molecule has 5 rings (SSSR count). The second kappa shape index (κ2) is 9.99. The number of amides is 2. The number of ether oxygens (including phenoxy) is 1. The highest BCUT2D eigenvalue weighted by Gasteiger charge is 2.30. The molecule has 1 aliphatic heterocycles. The van der Waals surface area contributed by atoms with Crippen molar-refractivity contribution in [3.05, 3.63) is 53.1 Å². The molecule has 186 valence electrons. The van der Waals surface area contributed by atoms with E-state index < -0.39 is 6.10 Å². The predicted molar refractivity (Wildman–Crippen MR) is 132 cm³/mol. The predicted octanol–water partition coefficient (Wildman–Crippen LogP) is 4.22. The third-order valence-electron chi connectivity index (χ3n) is 6.63. The number of hydrogen-bond donors (Lipinski definition) is 2. The van der Waals surface area contributed by atoms with Crippen LogP contribution in [-0.4, -0.2) is 51.5 Å². The third kappa shape index (κ3) is 4.77. The quantitative estimate of drug-likeness (QED) is 0.552. The van der Waals surface area contributed by atoms with Crippen LogP contribution < -0.4 is 10.1 Å². The van der Waals surface area contributed by atoms with E-state index in [2.05, 4.69) is 21.5 Å². The van der Waals surface area contributed by atoms with Gasteiger partial charge in [-0.3, -0.25) is 0 Å². The van der Waals surface area contributed by atoms with Crippen molar-refractivity contribution in [3.63, 3.8) is 0 Å². The lowest BCUT2D eigenvalue weighted by molar-refractivity contribution is 0.0833. The van der Waals surface area contributed by atoms with Gasteiger partial charge >= 0.3 is 6.03 Å². The normalized spacial score (nSPS) is 19.1. The third-order valence-corrected chi connectivity index (χ3v) is 6.63. The van der Waals surface area contributed by atoms with E-state index in [-0.39, 0.29) is 18.2 Å². The van der Waals surface area contributed by atoms with Gasteiger partial charge < -0.3 is 24.6 Å². The Morgan fingerprint density at radius 3 is 2.94 bits per heavy atom. The van der Waals surface area contributed by atoms with Gasteiger partial charge in [-0.15, -0.1) is 0 Å². The van der Waals surface area contributed by atoms with Crippen LogP contribution in [0.4, 0.5) is 4.79 Å². The Kier molecular flexibility index (Phi) is 6.61. The molecule has 0 bridgehead atoms. The van der Waals surface area contributed by atoms with E-state index >= 15 is 0 Å². The van der Waals surface area contributed by atoms with Gasteiger partial charge in [0.15, 0.2) is 0 Å². The van der Waals surface area contributed by atoms with Crippen LogP contribution >= 0.6 is 0 Å². The van der Waals surface area contributed by atoms with Gasteiger partial charge in [0, 0.05) is 24.2 Å². The molecular formula is C27H29N5O4. The fourth-order valence-electron chi connectivity index (χ4n) is 4.95. The lowest BCUT2D eigenvalue weighted by atomic mass is 10.0. The number of aromatic nitrogens is 2. The zero-order chi connectivity index (χ0) is 25.2. The second-order valence-electron chi connectivity index (χ2n) is 9.57. The summed E-state index contributed by atoms with van der Waals surface area (Å²) in [6.07, 6.45) is 2.61. The average Bonchev–Trinajstić information content (AvgIpc) is 3.52. The molecule has 9 nitrogen and oxygen atoms in total. The monoisotopic (exact) mass is 487 g/mol. The van der Waals surface area contributed by atoms with E-state index in [1.165, 1.54) is 0 Å². The highest BCUT2D eigenvalue weighted by Crippen LogP contribution is 2.38. The van der Waals surface area contributed by atoms with E-state index in [1.54, 1.807) is 23.1 Å². The van der Waals surface area contributed by atoms with Gasteiger partial charge in [0.2, 0.25) is 5.82 Å². The standard InChI is InChI=1S/C27H29N5O4/c1-16(2)35-24-11-8-17(13-18(24)14-28)26-30-25(31-36-26)22-7-3-6-21-20(22)9-10-23(21)29-27(34)32-12-4-5-19(33)15-32/h3,6-8,11,13,16,19,23,33H,4-5,9-10,12,15H2,1-2H3,(H,29,34)/t19-,23-/m0/s1. The molecule has 36 heavy (non-hydrogen) atoms. The van der Waals surface area contributed by atoms with Gasteiger partial charge in [0.05, 0.1) is 23.8 Å². The summed E-state index contributed by atoms with van der Waals surface area (Å²) < 4.78 is 11.3. The first-order valence-electron chi connectivity index (χ1n) is 12.3. The summed E-state index contributed by atoms with van der Waals surface area (Å²) in [7, 11) is 0. The van der Waals surface area contributed by atoms with Crippen LogP contribution in [0.25, 0.3) is 22.8 Å². The highest BCUT2D eigenvalue weighted by molar-refractivity contribution is 5.76. The highest BCUT2D eigenvalue weighted by atomic mass is 16.5. The van der Waals surface area contributed by atoms with Gasteiger partial charge in [-0.05, 0) is 68.9 Å². The summed E-state index contributed by atoms with van der Waals surface area (Å²) in [5, 5.41) is 26.8.